The lowest BCUT2D eigenvalue weighted by molar-refractivity contribution is -0.146. The van der Waals surface area contributed by atoms with Gasteiger partial charge in [0.25, 0.3) is 0 Å². The first kappa shape index (κ1) is 24.5. The Morgan fingerprint density at radius 1 is 0.741 bits per heavy atom. The number of rotatable bonds is 17. The van der Waals surface area contributed by atoms with Crippen LogP contribution in [0, 0.1) is 5.92 Å². The molecular formula is C24H47NO2. The van der Waals surface area contributed by atoms with Gasteiger partial charge in [0.05, 0.1) is 13.0 Å². The Labute approximate surface area is 169 Å². The molecule has 3 heteroatoms. The fourth-order valence-corrected chi connectivity index (χ4v) is 4.33. The second-order valence-corrected chi connectivity index (χ2v) is 8.62. The number of carbonyl (C=O) groups is 1. The Morgan fingerprint density at radius 3 is 1.63 bits per heavy atom. The minimum absolute atomic E-state index is 0.0135. The van der Waals surface area contributed by atoms with Crippen LogP contribution >= 0.6 is 0 Å². The third-order valence-corrected chi connectivity index (χ3v) is 6.23. The van der Waals surface area contributed by atoms with E-state index < -0.39 is 0 Å². The van der Waals surface area contributed by atoms with Crippen molar-refractivity contribution < 1.29 is 9.53 Å². The van der Waals surface area contributed by atoms with Crippen molar-refractivity contribution in [1.29, 1.82) is 0 Å². The number of unbranched alkanes of at least 4 members (excludes halogenated alkanes) is 13. The number of methoxy groups -OCH3 is 1. The van der Waals surface area contributed by atoms with Crippen molar-refractivity contribution in [1.82, 2.24) is 5.32 Å². The van der Waals surface area contributed by atoms with E-state index >= 15 is 0 Å². The number of carbonyl (C=O) groups excluding carboxylic acids is 1. The summed E-state index contributed by atoms with van der Waals surface area (Å²) >= 11 is 0. The Kier molecular flexibility index (Phi) is 15.9. The fourth-order valence-electron chi connectivity index (χ4n) is 4.33. The van der Waals surface area contributed by atoms with E-state index in [0.717, 1.165) is 32.2 Å². The molecule has 1 aliphatic rings. The van der Waals surface area contributed by atoms with E-state index in [9.17, 15) is 4.79 Å². The van der Waals surface area contributed by atoms with Crippen LogP contribution in [-0.2, 0) is 9.53 Å². The van der Waals surface area contributed by atoms with Crippen LogP contribution in [0.3, 0.4) is 0 Å². The molecule has 1 N–H and O–H groups in total. The Morgan fingerprint density at radius 2 is 1.19 bits per heavy atom. The highest BCUT2D eigenvalue weighted by Crippen LogP contribution is 2.25. The molecule has 1 fully saturated rings. The average Bonchev–Trinajstić information content (AvgIpc) is 2.70. The van der Waals surface area contributed by atoms with Crippen molar-refractivity contribution in [2.45, 2.75) is 129 Å². The summed E-state index contributed by atoms with van der Waals surface area (Å²) in [6.07, 6.45) is 24.1. The zero-order valence-corrected chi connectivity index (χ0v) is 18.4. The van der Waals surface area contributed by atoms with E-state index in [-0.39, 0.29) is 11.9 Å². The van der Waals surface area contributed by atoms with Gasteiger partial charge in [-0.25, -0.2) is 0 Å². The van der Waals surface area contributed by atoms with Crippen LogP contribution in [-0.4, -0.2) is 25.7 Å². The highest BCUT2D eigenvalue weighted by Gasteiger charge is 2.26. The number of hydrogen-bond acceptors (Lipinski definition) is 3. The topological polar surface area (TPSA) is 38.3 Å². The summed E-state index contributed by atoms with van der Waals surface area (Å²) in [5, 5.41) is 3.69. The van der Waals surface area contributed by atoms with Crippen molar-refractivity contribution in [3.63, 3.8) is 0 Å². The maximum absolute atomic E-state index is 11.5. The molecule has 1 rings (SSSR count). The molecule has 27 heavy (non-hydrogen) atoms. The van der Waals surface area contributed by atoms with Gasteiger partial charge >= 0.3 is 5.97 Å². The van der Waals surface area contributed by atoms with E-state index in [0.29, 0.717) is 6.04 Å². The molecule has 1 aliphatic carbocycles. The van der Waals surface area contributed by atoms with Gasteiger partial charge in [0, 0.05) is 6.04 Å². The van der Waals surface area contributed by atoms with Crippen LogP contribution in [0.4, 0.5) is 0 Å². The quantitative estimate of drug-likeness (QED) is 0.223. The summed E-state index contributed by atoms with van der Waals surface area (Å²) in [4.78, 5) is 11.5. The lowest BCUT2D eigenvalue weighted by Gasteiger charge is -2.27. The summed E-state index contributed by atoms with van der Waals surface area (Å²) in [6.45, 7) is 3.43. The second-order valence-electron chi connectivity index (χ2n) is 8.62. The van der Waals surface area contributed by atoms with Gasteiger partial charge in [0.2, 0.25) is 0 Å². The van der Waals surface area contributed by atoms with Crippen molar-refractivity contribution in [2.24, 2.45) is 5.92 Å². The molecule has 0 amide bonds. The number of hydrogen-bond donors (Lipinski definition) is 1. The lowest BCUT2D eigenvalue weighted by Crippen LogP contribution is -2.35. The van der Waals surface area contributed by atoms with Gasteiger partial charge < -0.3 is 10.1 Å². The lowest BCUT2D eigenvalue weighted by atomic mass is 9.86. The highest BCUT2D eigenvalue weighted by atomic mass is 16.5. The average molecular weight is 382 g/mol. The van der Waals surface area contributed by atoms with E-state index in [2.05, 4.69) is 12.2 Å². The van der Waals surface area contributed by atoms with Crippen molar-refractivity contribution in [3.05, 3.63) is 0 Å². The maximum Gasteiger partial charge on any atom is 0.308 e. The number of ether oxygens (including phenoxy) is 1. The molecule has 0 heterocycles. The van der Waals surface area contributed by atoms with Gasteiger partial charge in [0.15, 0.2) is 0 Å². The van der Waals surface area contributed by atoms with Crippen LogP contribution in [0.15, 0.2) is 0 Å². The van der Waals surface area contributed by atoms with E-state index in [1.807, 2.05) is 0 Å². The minimum atomic E-state index is -0.0135. The number of nitrogens with one attached hydrogen (secondary N) is 1. The molecular weight excluding hydrogens is 334 g/mol. The van der Waals surface area contributed by atoms with Crippen LogP contribution in [0.25, 0.3) is 0 Å². The number of esters is 1. The van der Waals surface area contributed by atoms with Gasteiger partial charge in [-0.1, -0.05) is 90.4 Å². The summed E-state index contributed by atoms with van der Waals surface area (Å²) < 4.78 is 4.86. The Hall–Kier alpha value is -0.570. The summed E-state index contributed by atoms with van der Waals surface area (Å²) in [5.74, 6) is 0.134. The third-order valence-electron chi connectivity index (χ3n) is 6.23. The van der Waals surface area contributed by atoms with Gasteiger partial charge in [-0.3, -0.25) is 4.79 Å². The van der Waals surface area contributed by atoms with Crippen LogP contribution in [0.1, 0.15) is 122 Å². The summed E-state index contributed by atoms with van der Waals surface area (Å²) in [7, 11) is 1.50. The smallest absolute Gasteiger partial charge is 0.308 e. The van der Waals surface area contributed by atoms with Crippen molar-refractivity contribution >= 4 is 5.97 Å². The first-order valence-corrected chi connectivity index (χ1v) is 12.1. The van der Waals surface area contributed by atoms with E-state index in [1.165, 1.54) is 97.0 Å². The Balaban J connectivity index is 1.77. The molecule has 0 aromatic heterocycles. The maximum atomic E-state index is 11.5. The van der Waals surface area contributed by atoms with E-state index in [1.54, 1.807) is 0 Å². The molecule has 0 unspecified atom stereocenters. The van der Waals surface area contributed by atoms with Gasteiger partial charge in [-0.05, 0) is 38.6 Å². The SMILES string of the molecule is CCCCCCCCCCCCCCCCNC1CCC(C(=O)OC)CC1. The molecule has 0 spiro atoms. The highest BCUT2D eigenvalue weighted by molar-refractivity contribution is 5.72. The third kappa shape index (κ3) is 13.3. The van der Waals surface area contributed by atoms with Crippen LogP contribution in [0.2, 0.25) is 0 Å². The first-order chi connectivity index (χ1) is 13.3. The molecule has 0 aromatic carbocycles. The molecule has 0 aromatic rings. The van der Waals surface area contributed by atoms with Gasteiger partial charge in [-0.2, -0.15) is 0 Å². The van der Waals surface area contributed by atoms with Gasteiger partial charge in [-0.15, -0.1) is 0 Å². The molecule has 0 aliphatic heterocycles. The largest absolute Gasteiger partial charge is 0.469 e. The minimum Gasteiger partial charge on any atom is -0.469 e. The van der Waals surface area contributed by atoms with Crippen LogP contribution < -0.4 is 5.32 Å². The normalized spacial score (nSPS) is 19.9. The summed E-state index contributed by atoms with van der Waals surface area (Å²) in [5.41, 5.74) is 0. The zero-order chi connectivity index (χ0) is 19.6. The van der Waals surface area contributed by atoms with Crippen molar-refractivity contribution in [2.75, 3.05) is 13.7 Å². The molecule has 0 saturated heterocycles. The van der Waals surface area contributed by atoms with Crippen LogP contribution in [0.5, 0.6) is 0 Å². The standard InChI is InChI=1S/C24H47NO2/c1-3-4-5-6-7-8-9-10-11-12-13-14-15-16-21-25-23-19-17-22(18-20-23)24(26)27-2/h22-23,25H,3-21H2,1-2H3. The van der Waals surface area contributed by atoms with Gasteiger partial charge in [0.1, 0.15) is 0 Å². The molecule has 3 nitrogen and oxygen atoms in total. The summed E-state index contributed by atoms with van der Waals surface area (Å²) in [6, 6.07) is 0.618. The van der Waals surface area contributed by atoms with Crippen molar-refractivity contribution in [3.8, 4) is 0 Å². The zero-order valence-electron chi connectivity index (χ0n) is 18.4. The van der Waals surface area contributed by atoms with E-state index in [4.69, 9.17) is 4.74 Å². The molecule has 0 radical (unpaired) electrons. The second kappa shape index (κ2) is 17.5. The Bertz CT molecular complexity index is 337. The monoisotopic (exact) mass is 381 g/mol. The predicted molar refractivity (Wildman–Crippen MR) is 116 cm³/mol. The molecule has 0 bridgehead atoms. The predicted octanol–water partition coefficient (Wildman–Crippen LogP) is 6.79. The first-order valence-electron chi connectivity index (χ1n) is 12.1. The fraction of sp³-hybridized carbons (Fsp3) is 0.958. The molecule has 0 atom stereocenters. The molecule has 160 valence electrons. The molecule has 1 saturated carbocycles.